The molecule has 2 saturated heterocycles. The van der Waals surface area contributed by atoms with Crippen molar-refractivity contribution in [3.05, 3.63) is 0 Å². The van der Waals surface area contributed by atoms with Crippen LogP contribution in [0.2, 0.25) is 0 Å². The van der Waals surface area contributed by atoms with E-state index >= 15 is 0 Å². The lowest BCUT2D eigenvalue weighted by molar-refractivity contribution is -0.0458. The summed E-state index contributed by atoms with van der Waals surface area (Å²) in [5.41, 5.74) is 0.284. The zero-order chi connectivity index (χ0) is 14.3. The first-order valence-corrected chi connectivity index (χ1v) is 7.95. The van der Waals surface area contributed by atoms with E-state index < -0.39 is 0 Å². The first-order valence-electron chi connectivity index (χ1n) is 7.95. The molecule has 0 amide bonds. The van der Waals surface area contributed by atoms with Crippen LogP contribution in [0.15, 0.2) is 0 Å². The molecular formula is C15H30N2O3. The lowest BCUT2D eigenvalue weighted by Gasteiger charge is -2.42. The third kappa shape index (κ3) is 4.67. The average Bonchev–Trinajstić information content (AvgIpc) is 2.48. The summed E-state index contributed by atoms with van der Waals surface area (Å²) in [6, 6.07) is 0. The predicted octanol–water partition coefficient (Wildman–Crippen LogP) is 0.476. The standard InChI is InChI=1S/C15H30N2O3/c1-16-11-15(5-2-9-19-13-15)12-17-6-3-14(4-7-17)20-10-8-18/h14,16,18H,2-13H2,1H3. The van der Waals surface area contributed by atoms with Gasteiger partial charge in [-0.05, 0) is 32.7 Å². The van der Waals surface area contributed by atoms with Crippen LogP contribution in [0.3, 0.4) is 0 Å². The summed E-state index contributed by atoms with van der Waals surface area (Å²) >= 11 is 0. The topological polar surface area (TPSA) is 54.0 Å². The van der Waals surface area contributed by atoms with Gasteiger partial charge in [-0.3, -0.25) is 0 Å². The van der Waals surface area contributed by atoms with E-state index in [0.29, 0.717) is 12.7 Å². The minimum absolute atomic E-state index is 0.128. The molecule has 0 radical (unpaired) electrons. The van der Waals surface area contributed by atoms with E-state index in [-0.39, 0.29) is 12.0 Å². The summed E-state index contributed by atoms with van der Waals surface area (Å²) in [6.07, 6.45) is 4.93. The lowest BCUT2D eigenvalue weighted by atomic mass is 9.81. The largest absolute Gasteiger partial charge is 0.394 e. The maximum absolute atomic E-state index is 8.80. The Morgan fingerprint density at radius 2 is 2.20 bits per heavy atom. The molecule has 0 aromatic carbocycles. The van der Waals surface area contributed by atoms with Crippen LogP contribution >= 0.6 is 0 Å². The van der Waals surface area contributed by atoms with Crippen molar-refractivity contribution in [2.75, 3.05) is 59.7 Å². The Kier molecular flexibility index (Phi) is 6.71. The molecule has 20 heavy (non-hydrogen) atoms. The van der Waals surface area contributed by atoms with Gasteiger partial charge in [-0.2, -0.15) is 0 Å². The number of aliphatic hydroxyl groups excluding tert-OH is 1. The van der Waals surface area contributed by atoms with Gasteiger partial charge in [0.1, 0.15) is 0 Å². The summed E-state index contributed by atoms with van der Waals surface area (Å²) in [5, 5.41) is 12.1. The number of nitrogens with one attached hydrogen (secondary N) is 1. The number of ether oxygens (including phenoxy) is 2. The molecular weight excluding hydrogens is 256 g/mol. The maximum Gasteiger partial charge on any atom is 0.0701 e. The van der Waals surface area contributed by atoms with Crippen molar-refractivity contribution >= 4 is 0 Å². The van der Waals surface area contributed by atoms with E-state index in [2.05, 4.69) is 10.2 Å². The van der Waals surface area contributed by atoms with E-state index in [9.17, 15) is 0 Å². The summed E-state index contributed by atoms with van der Waals surface area (Å²) in [4.78, 5) is 2.56. The number of nitrogens with zero attached hydrogens (tertiary/aromatic N) is 1. The smallest absolute Gasteiger partial charge is 0.0701 e. The molecule has 0 aromatic heterocycles. The molecule has 0 spiro atoms. The van der Waals surface area contributed by atoms with Crippen molar-refractivity contribution in [2.24, 2.45) is 5.41 Å². The second kappa shape index (κ2) is 8.29. The van der Waals surface area contributed by atoms with Gasteiger partial charge in [0.05, 0.1) is 25.9 Å². The number of likely N-dealkylation sites (tertiary alicyclic amines) is 1. The Morgan fingerprint density at radius 3 is 2.80 bits per heavy atom. The Bertz CT molecular complexity index is 256. The molecule has 2 N–H and O–H groups in total. The highest BCUT2D eigenvalue weighted by Crippen LogP contribution is 2.30. The Morgan fingerprint density at radius 1 is 1.40 bits per heavy atom. The molecule has 2 aliphatic heterocycles. The van der Waals surface area contributed by atoms with Gasteiger partial charge in [0.15, 0.2) is 0 Å². The molecule has 0 saturated carbocycles. The zero-order valence-electron chi connectivity index (χ0n) is 12.8. The number of hydrogen-bond acceptors (Lipinski definition) is 5. The molecule has 118 valence electrons. The van der Waals surface area contributed by atoms with Crippen LogP contribution in [0.25, 0.3) is 0 Å². The summed E-state index contributed by atoms with van der Waals surface area (Å²) in [6.45, 7) is 6.76. The number of rotatable bonds is 7. The quantitative estimate of drug-likeness (QED) is 0.713. The van der Waals surface area contributed by atoms with Crippen LogP contribution in [0, 0.1) is 5.41 Å². The molecule has 1 atom stereocenters. The van der Waals surface area contributed by atoms with Crippen LogP contribution in [-0.4, -0.2) is 75.8 Å². The van der Waals surface area contributed by atoms with Crippen molar-refractivity contribution in [2.45, 2.75) is 31.8 Å². The van der Waals surface area contributed by atoms with Crippen LogP contribution in [0.5, 0.6) is 0 Å². The maximum atomic E-state index is 8.80. The number of aliphatic hydroxyl groups is 1. The van der Waals surface area contributed by atoms with Crippen molar-refractivity contribution in [1.82, 2.24) is 10.2 Å². The first kappa shape index (κ1) is 16.2. The van der Waals surface area contributed by atoms with E-state index in [1.54, 1.807) is 0 Å². The first-order chi connectivity index (χ1) is 9.78. The molecule has 0 bridgehead atoms. The molecule has 0 aliphatic carbocycles. The molecule has 1 unspecified atom stereocenters. The van der Waals surface area contributed by atoms with Gasteiger partial charge in [-0.15, -0.1) is 0 Å². The van der Waals surface area contributed by atoms with Crippen molar-refractivity contribution < 1.29 is 14.6 Å². The summed E-state index contributed by atoms with van der Waals surface area (Å²) < 4.78 is 11.4. The molecule has 5 heteroatoms. The van der Waals surface area contributed by atoms with Gasteiger partial charge in [-0.25, -0.2) is 0 Å². The Balaban J connectivity index is 1.77. The van der Waals surface area contributed by atoms with Crippen molar-refractivity contribution in [3.8, 4) is 0 Å². The zero-order valence-corrected chi connectivity index (χ0v) is 12.8. The highest BCUT2D eigenvalue weighted by molar-refractivity contribution is 4.88. The van der Waals surface area contributed by atoms with E-state index in [4.69, 9.17) is 14.6 Å². The fourth-order valence-electron chi connectivity index (χ4n) is 3.53. The van der Waals surface area contributed by atoms with Gasteiger partial charge >= 0.3 is 0 Å². The Hall–Kier alpha value is -0.200. The van der Waals surface area contributed by atoms with Crippen LogP contribution < -0.4 is 5.32 Å². The van der Waals surface area contributed by atoms with Gasteiger partial charge in [-0.1, -0.05) is 0 Å². The summed E-state index contributed by atoms with van der Waals surface area (Å²) in [5.74, 6) is 0. The molecule has 2 aliphatic rings. The number of piperidine rings is 1. The molecule has 5 nitrogen and oxygen atoms in total. The molecule has 2 fully saturated rings. The van der Waals surface area contributed by atoms with Gasteiger partial charge in [0.2, 0.25) is 0 Å². The minimum atomic E-state index is 0.128. The van der Waals surface area contributed by atoms with Crippen LogP contribution in [0.4, 0.5) is 0 Å². The number of hydrogen-bond donors (Lipinski definition) is 2. The van der Waals surface area contributed by atoms with E-state index in [1.165, 1.54) is 12.8 Å². The van der Waals surface area contributed by atoms with Crippen molar-refractivity contribution in [1.29, 1.82) is 0 Å². The van der Waals surface area contributed by atoms with Crippen LogP contribution in [-0.2, 0) is 9.47 Å². The van der Waals surface area contributed by atoms with E-state index in [0.717, 1.165) is 52.2 Å². The average molecular weight is 286 g/mol. The SMILES string of the molecule is CNCC1(CN2CCC(OCCO)CC2)CCCOC1. The fraction of sp³-hybridized carbons (Fsp3) is 1.00. The Labute approximate surface area is 122 Å². The fourth-order valence-corrected chi connectivity index (χ4v) is 3.53. The minimum Gasteiger partial charge on any atom is -0.394 e. The highest BCUT2D eigenvalue weighted by Gasteiger charge is 2.35. The predicted molar refractivity (Wildman–Crippen MR) is 78.9 cm³/mol. The summed E-state index contributed by atoms with van der Waals surface area (Å²) in [7, 11) is 2.03. The normalized spacial score (nSPS) is 29.7. The molecule has 2 heterocycles. The molecule has 2 rings (SSSR count). The highest BCUT2D eigenvalue weighted by atomic mass is 16.5. The second-order valence-electron chi connectivity index (χ2n) is 6.26. The van der Waals surface area contributed by atoms with Crippen LogP contribution in [0.1, 0.15) is 25.7 Å². The molecule has 0 aromatic rings. The monoisotopic (exact) mass is 286 g/mol. The lowest BCUT2D eigenvalue weighted by Crippen LogP contribution is -2.50. The van der Waals surface area contributed by atoms with E-state index in [1.807, 2.05) is 7.05 Å². The third-order valence-electron chi connectivity index (χ3n) is 4.49. The second-order valence-corrected chi connectivity index (χ2v) is 6.26. The third-order valence-corrected chi connectivity index (χ3v) is 4.49. The van der Waals surface area contributed by atoms with Gasteiger partial charge < -0.3 is 24.8 Å². The van der Waals surface area contributed by atoms with Crippen molar-refractivity contribution in [3.63, 3.8) is 0 Å². The van der Waals surface area contributed by atoms with Gasteiger partial charge in [0, 0.05) is 38.2 Å². The van der Waals surface area contributed by atoms with Gasteiger partial charge in [0.25, 0.3) is 0 Å².